The summed E-state index contributed by atoms with van der Waals surface area (Å²) < 4.78 is 6.28. The first-order chi connectivity index (χ1) is 11.3. The third kappa shape index (κ3) is 3.28. The van der Waals surface area contributed by atoms with E-state index in [2.05, 4.69) is 27.0 Å². The van der Waals surface area contributed by atoms with Crippen molar-refractivity contribution in [2.45, 2.75) is 37.3 Å². The number of aromatic nitrogens is 2. The molecule has 23 heavy (non-hydrogen) atoms. The van der Waals surface area contributed by atoms with E-state index in [0.29, 0.717) is 5.92 Å². The van der Waals surface area contributed by atoms with E-state index in [1.165, 1.54) is 11.1 Å². The van der Waals surface area contributed by atoms with Gasteiger partial charge in [0.25, 0.3) is 0 Å². The smallest absolute Gasteiger partial charge is 0.0713 e. The van der Waals surface area contributed by atoms with Crippen LogP contribution in [0.5, 0.6) is 0 Å². The quantitative estimate of drug-likeness (QED) is 0.873. The van der Waals surface area contributed by atoms with E-state index in [1.807, 2.05) is 36.9 Å². The predicted molar refractivity (Wildman–Crippen MR) is 89.0 cm³/mol. The van der Waals surface area contributed by atoms with Crippen molar-refractivity contribution in [3.8, 4) is 0 Å². The Morgan fingerprint density at radius 2 is 1.87 bits per heavy atom. The minimum Gasteiger partial charge on any atom is -0.374 e. The van der Waals surface area contributed by atoms with Gasteiger partial charge in [-0.25, -0.2) is 0 Å². The Morgan fingerprint density at radius 3 is 2.57 bits per heavy atom. The molecule has 4 heteroatoms. The summed E-state index contributed by atoms with van der Waals surface area (Å²) >= 11 is 0. The maximum absolute atomic E-state index is 6.28. The lowest BCUT2D eigenvalue weighted by atomic mass is 9.83. The summed E-state index contributed by atoms with van der Waals surface area (Å²) in [4.78, 5) is 11.0. The Bertz CT molecular complexity index is 624. The van der Waals surface area contributed by atoms with Gasteiger partial charge in [-0.05, 0) is 42.5 Å². The van der Waals surface area contributed by atoms with Crippen molar-refractivity contribution in [3.63, 3.8) is 0 Å². The van der Waals surface area contributed by atoms with Gasteiger partial charge in [-0.3, -0.25) is 14.9 Å². The van der Waals surface area contributed by atoms with Gasteiger partial charge in [0, 0.05) is 50.3 Å². The van der Waals surface area contributed by atoms with Crippen molar-refractivity contribution >= 4 is 0 Å². The van der Waals surface area contributed by atoms with Crippen LogP contribution in [0.3, 0.4) is 0 Å². The summed E-state index contributed by atoms with van der Waals surface area (Å²) in [7, 11) is 0. The van der Waals surface area contributed by atoms with Gasteiger partial charge < -0.3 is 4.74 Å². The topological polar surface area (TPSA) is 38.2 Å². The van der Waals surface area contributed by atoms with Crippen molar-refractivity contribution in [2.75, 3.05) is 19.7 Å². The fourth-order valence-corrected chi connectivity index (χ4v) is 3.89. The van der Waals surface area contributed by atoms with E-state index in [9.17, 15) is 0 Å². The fourth-order valence-electron chi connectivity index (χ4n) is 3.89. The Kier molecular flexibility index (Phi) is 4.10. The Balaban J connectivity index is 1.35. The number of nitrogens with zero attached hydrogens (tertiary/aromatic N) is 3. The molecule has 2 aliphatic heterocycles. The largest absolute Gasteiger partial charge is 0.374 e. The van der Waals surface area contributed by atoms with Crippen LogP contribution in [-0.2, 0) is 11.3 Å². The molecule has 2 aliphatic rings. The third-order valence-electron chi connectivity index (χ3n) is 5.26. The molecular weight excluding hydrogens is 286 g/mol. The molecule has 120 valence electrons. The zero-order valence-electron chi connectivity index (χ0n) is 13.4. The summed E-state index contributed by atoms with van der Waals surface area (Å²) in [5.74, 6) is 0.508. The summed E-state index contributed by atoms with van der Waals surface area (Å²) in [6.45, 7) is 4.05. The molecule has 0 unspecified atom stereocenters. The molecule has 2 fully saturated rings. The summed E-state index contributed by atoms with van der Waals surface area (Å²) in [6.07, 6.45) is 11.0. The number of rotatable bonds is 3. The maximum Gasteiger partial charge on any atom is 0.0713 e. The highest BCUT2D eigenvalue weighted by Crippen LogP contribution is 2.42. The molecule has 0 aromatic carbocycles. The molecule has 0 radical (unpaired) electrons. The van der Waals surface area contributed by atoms with E-state index in [1.54, 1.807) is 0 Å². The first-order valence-electron chi connectivity index (χ1n) is 8.48. The van der Waals surface area contributed by atoms with Gasteiger partial charge in [-0.2, -0.15) is 0 Å². The Labute approximate surface area is 137 Å². The van der Waals surface area contributed by atoms with Gasteiger partial charge in [0.1, 0.15) is 0 Å². The molecule has 0 saturated carbocycles. The van der Waals surface area contributed by atoms with Crippen molar-refractivity contribution in [1.29, 1.82) is 0 Å². The summed E-state index contributed by atoms with van der Waals surface area (Å²) in [5, 5.41) is 0. The first-order valence-corrected chi connectivity index (χ1v) is 8.48. The Hall–Kier alpha value is -1.78. The van der Waals surface area contributed by atoms with Crippen LogP contribution in [0.1, 0.15) is 36.3 Å². The number of hydrogen-bond acceptors (Lipinski definition) is 4. The van der Waals surface area contributed by atoms with Gasteiger partial charge in [-0.1, -0.05) is 12.1 Å². The Morgan fingerprint density at radius 1 is 1.09 bits per heavy atom. The second kappa shape index (κ2) is 6.38. The van der Waals surface area contributed by atoms with Crippen LogP contribution in [0.25, 0.3) is 0 Å². The van der Waals surface area contributed by atoms with Crippen molar-refractivity contribution < 1.29 is 4.74 Å². The molecule has 4 heterocycles. The van der Waals surface area contributed by atoms with Crippen LogP contribution in [-0.4, -0.2) is 40.2 Å². The van der Waals surface area contributed by atoms with Crippen molar-refractivity contribution in [1.82, 2.24) is 14.9 Å². The van der Waals surface area contributed by atoms with E-state index in [-0.39, 0.29) is 5.60 Å². The van der Waals surface area contributed by atoms with Crippen LogP contribution in [0.4, 0.5) is 0 Å². The van der Waals surface area contributed by atoms with E-state index >= 15 is 0 Å². The average molecular weight is 309 g/mol. The normalized spacial score (nSPS) is 24.1. The van der Waals surface area contributed by atoms with Gasteiger partial charge in [0.05, 0.1) is 12.2 Å². The molecule has 1 atom stereocenters. The summed E-state index contributed by atoms with van der Waals surface area (Å²) in [5.41, 5.74) is 2.71. The number of hydrogen-bond donors (Lipinski definition) is 0. The second-order valence-electron chi connectivity index (χ2n) is 6.82. The molecule has 0 bridgehead atoms. The molecule has 0 N–H and O–H groups in total. The fraction of sp³-hybridized carbons (Fsp3) is 0.474. The molecule has 2 saturated heterocycles. The monoisotopic (exact) mass is 309 g/mol. The van der Waals surface area contributed by atoms with Gasteiger partial charge >= 0.3 is 0 Å². The molecule has 1 spiro atoms. The van der Waals surface area contributed by atoms with Gasteiger partial charge in [-0.15, -0.1) is 0 Å². The van der Waals surface area contributed by atoms with Crippen LogP contribution >= 0.6 is 0 Å². The standard InChI is InChI=1S/C19H23N3O/c1-3-16(12-20-7-1)14-22-9-5-19(6-10-22)11-18(15-23-19)17-4-2-8-21-13-17/h1-4,7-8,12-13,18H,5-6,9-11,14-15H2/t18-/m1/s1. The number of pyridine rings is 2. The summed E-state index contributed by atoms with van der Waals surface area (Å²) in [6, 6.07) is 8.37. The van der Waals surface area contributed by atoms with Crippen molar-refractivity contribution in [3.05, 3.63) is 60.2 Å². The molecular formula is C19H23N3O. The highest BCUT2D eigenvalue weighted by atomic mass is 16.5. The predicted octanol–water partition coefficient (Wildman–Crippen LogP) is 3.02. The number of piperidine rings is 1. The van der Waals surface area contributed by atoms with Crippen molar-refractivity contribution in [2.24, 2.45) is 0 Å². The molecule has 2 aromatic heterocycles. The van der Waals surface area contributed by atoms with Gasteiger partial charge in [0.15, 0.2) is 0 Å². The highest BCUT2D eigenvalue weighted by molar-refractivity contribution is 5.18. The average Bonchev–Trinajstić information content (AvgIpc) is 3.03. The lowest BCUT2D eigenvalue weighted by molar-refractivity contribution is -0.0448. The zero-order valence-corrected chi connectivity index (χ0v) is 13.4. The molecule has 4 nitrogen and oxygen atoms in total. The molecule has 2 aromatic rings. The maximum atomic E-state index is 6.28. The number of likely N-dealkylation sites (tertiary alicyclic amines) is 1. The van der Waals surface area contributed by atoms with Crippen LogP contribution in [0, 0.1) is 0 Å². The van der Waals surface area contributed by atoms with Crippen LogP contribution in [0.15, 0.2) is 49.1 Å². The van der Waals surface area contributed by atoms with E-state index in [4.69, 9.17) is 4.74 Å². The van der Waals surface area contributed by atoms with E-state index < -0.39 is 0 Å². The number of ether oxygens (including phenoxy) is 1. The molecule has 0 amide bonds. The molecule has 0 aliphatic carbocycles. The minimum absolute atomic E-state index is 0.0892. The van der Waals surface area contributed by atoms with Crippen LogP contribution < -0.4 is 0 Å². The highest BCUT2D eigenvalue weighted by Gasteiger charge is 2.42. The second-order valence-corrected chi connectivity index (χ2v) is 6.82. The van der Waals surface area contributed by atoms with Crippen LogP contribution in [0.2, 0.25) is 0 Å². The minimum atomic E-state index is 0.0892. The lowest BCUT2D eigenvalue weighted by Crippen LogP contribution is -2.43. The van der Waals surface area contributed by atoms with E-state index in [0.717, 1.165) is 45.5 Å². The first kappa shape index (κ1) is 14.8. The molecule has 4 rings (SSSR count). The zero-order chi connectivity index (χ0) is 15.5. The van der Waals surface area contributed by atoms with Gasteiger partial charge in [0.2, 0.25) is 0 Å². The SMILES string of the molecule is c1cncc(CN2CCC3(CC2)C[C@@H](c2cccnc2)CO3)c1. The third-order valence-corrected chi connectivity index (χ3v) is 5.26. The lowest BCUT2D eigenvalue weighted by Gasteiger charge is -2.38.